The fourth-order valence-corrected chi connectivity index (χ4v) is 2.15. The van der Waals surface area contributed by atoms with Gasteiger partial charge in [-0.25, -0.2) is 0 Å². The fourth-order valence-electron chi connectivity index (χ4n) is 2.15. The molecule has 0 bridgehead atoms. The Bertz CT molecular complexity index is 350. The summed E-state index contributed by atoms with van der Waals surface area (Å²) in [5.74, 6) is -0.0263. The highest BCUT2D eigenvalue weighted by Gasteiger charge is 2.59. The molecular weight excluding hydrogens is 176 g/mol. The van der Waals surface area contributed by atoms with Crippen LogP contribution in [0.4, 0.5) is 0 Å². The van der Waals surface area contributed by atoms with Gasteiger partial charge in [-0.2, -0.15) is 0 Å². The van der Waals surface area contributed by atoms with Crippen molar-refractivity contribution in [1.29, 1.82) is 0 Å². The number of amides is 1. The molecule has 2 atom stereocenters. The molecule has 1 fully saturated rings. The molecule has 2 unspecified atom stereocenters. The van der Waals surface area contributed by atoms with Crippen LogP contribution in [0.2, 0.25) is 0 Å². The predicted molar refractivity (Wildman–Crippen MR) is 54.5 cm³/mol. The van der Waals surface area contributed by atoms with Crippen LogP contribution in [0.1, 0.15) is 12.0 Å². The van der Waals surface area contributed by atoms with Gasteiger partial charge >= 0.3 is 0 Å². The lowest BCUT2D eigenvalue weighted by molar-refractivity contribution is -0.120. The Morgan fingerprint density at radius 3 is 2.50 bits per heavy atom. The molecule has 2 rings (SSSR count). The van der Waals surface area contributed by atoms with Gasteiger partial charge in [-0.1, -0.05) is 30.3 Å². The van der Waals surface area contributed by atoms with Crippen LogP contribution >= 0.6 is 0 Å². The van der Waals surface area contributed by atoms with E-state index in [9.17, 15) is 4.79 Å². The zero-order valence-corrected chi connectivity index (χ0v) is 7.94. The summed E-state index contributed by atoms with van der Waals surface area (Å²) >= 11 is 0. The fraction of sp³-hybridized carbons (Fsp3) is 0.364. The topological polar surface area (TPSA) is 69.1 Å². The first-order valence-electron chi connectivity index (χ1n) is 4.77. The second-order valence-corrected chi connectivity index (χ2v) is 3.84. The third-order valence-electron chi connectivity index (χ3n) is 3.12. The number of primary amides is 1. The van der Waals surface area contributed by atoms with Crippen LogP contribution in [0.5, 0.6) is 0 Å². The number of benzene rings is 1. The molecule has 1 aromatic carbocycles. The summed E-state index contributed by atoms with van der Waals surface area (Å²) in [7, 11) is 0. The molecule has 4 N–H and O–H groups in total. The second kappa shape index (κ2) is 3.10. The smallest absolute Gasteiger partial charge is 0.228 e. The maximum Gasteiger partial charge on any atom is 0.228 e. The zero-order chi connectivity index (χ0) is 10.2. The molecular formula is C11H14N2O. The minimum Gasteiger partial charge on any atom is -0.369 e. The van der Waals surface area contributed by atoms with Crippen molar-refractivity contribution in [3.8, 4) is 0 Å². The molecule has 0 aromatic heterocycles. The molecule has 3 heteroatoms. The summed E-state index contributed by atoms with van der Waals surface area (Å²) in [6.45, 7) is 0.526. The molecule has 0 radical (unpaired) electrons. The van der Waals surface area contributed by atoms with Crippen LogP contribution in [-0.4, -0.2) is 12.5 Å². The van der Waals surface area contributed by atoms with E-state index < -0.39 is 5.41 Å². The van der Waals surface area contributed by atoms with Gasteiger partial charge in [0, 0.05) is 0 Å². The molecule has 1 saturated carbocycles. The third kappa shape index (κ3) is 1.13. The van der Waals surface area contributed by atoms with Crippen molar-refractivity contribution in [1.82, 2.24) is 0 Å². The molecule has 3 nitrogen and oxygen atoms in total. The summed E-state index contributed by atoms with van der Waals surface area (Å²) < 4.78 is 0. The molecule has 1 aliphatic carbocycles. The monoisotopic (exact) mass is 190 g/mol. The summed E-state index contributed by atoms with van der Waals surface area (Å²) in [5.41, 5.74) is 11.5. The molecule has 1 aliphatic rings. The van der Waals surface area contributed by atoms with E-state index in [0.717, 1.165) is 12.0 Å². The highest BCUT2D eigenvalue weighted by molar-refractivity contribution is 5.90. The van der Waals surface area contributed by atoms with E-state index in [-0.39, 0.29) is 11.8 Å². The highest BCUT2D eigenvalue weighted by atomic mass is 16.1. The first-order valence-corrected chi connectivity index (χ1v) is 4.77. The molecule has 1 aromatic rings. The standard InChI is InChI=1S/C11H14N2O/c12-7-9-6-11(9,10(13)14)8-4-2-1-3-5-8/h1-5,9H,6-7,12H2,(H2,13,14). The molecule has 0 aliphatic heterocycles. The lowest BCUT2D eigenvalue weighted by Crippen LogP contribution is -2.32. The summed E-state index contributed by atoms with van der Waals surface area (Å²) in [4.78, 5) is 11.4. The van der Waals surface area contributed by atoms with Gasteiger partial charge in [0.25, 0.3) is 0 Å². The number of carbonyl (C=O) groups is 1. The lowest BCUT2D eigenvalue weighted by atomic mass is 9.92. The molecule has 14 heavy (non-hydrogen) atoms. The highest BCUT2D eigenvalue weighted by Crippen LogP contribution is 2.53. The van der Waals surface area contributed by atoms with Crippen LogP contribution in [0, 0.1) is 5.92 Å². The van der Waals surface area contributed by atoms with Crippen molar-refractivity contribution in [3.63, 3.8) is 0 Å². The number of rotatable bonds is 3. The maximum absolute atomic E-state index is 11.4. The van der Waals surface area contributed by atoms with Crippen molar-refractivity contribution in [2.75, 3.05) is 6.54 Å². The van der Waals surface area contributed by atoms with E-state index in [1.165, 1.54) is 0 Å². The second-order valence-electron chi connectivity index (χ2n) is 3.84. The number of hydrogen-bond donors (Lipinski definition) is 2. The molecule has 1 amide bonds. The SMILES string of the molecule is NCC1CC1(C(N)=O)c1ccccc1. The van der Waals surface area contributed by atoms with Gasteiger partial charge in [0.1, 0.15) is 0 Å². The van der Waals surface area contributed by atoms with E-state index >= 15 is 0 Å². The van der Waals surface area contributed by atoms with Crippen LogP contribution < -0.4 is 11.5 Å². The van der Waals surface area contributed by atoms with Gasteiger partial charge < -0.3 is 11.5 Å². The quantitative estimate of drug-likeness (QED) is 0.723. The minimum absolute atomic E-state index is 0.224. The minimum atomic E-state index is -0.476. The number of hydrogen-bond acceptors (Lipinski definition) is 2. The van der Waals surface area contributed by atoms with Gasteiger partial charge in [-0.15, -0.1) is 0 Å². The average Bonchev–Trinajstić information content (AvgIpc) is 2.94. The van der Waals surface area contributed by atoms with Crippen LogP contribution in [-0.2, 0) is 10.2 Å². The Labute approximate surface area is 83.1 Å². The van der Waals surface area contributed by atoms with Crippen molar-refractivity contribution in [2.24, 2.45) is 17.4 Å². The van der Waals surface area contributed by atoms with Crippen LogP contribution in [0.25, 0.3) is 0 Å². The Morgan fingerprint density at radius 2 is 2.07 bits per heavy atom. The molecule has 0 saturated heterocycles. The summed E-state index contributed by atoms with van der Waals surface area (Å²) in [5, 5.41) is 0. The van der Waals surface area contributed by atoms with Crippen LogP contribution in [0.15, 0.2) is 30.3 Å². The van der Waals surface area contributed by atoms with Gasteiger partial charge in [0.2, 0.25) is 5.91 Å². The van der Waals surface area contributed by atoms with E-state index in [0.29, 0.717) is 6.54 Å². The number of carbonyl (C=O) groups excluding carboxylic acids is 1. The first kappa shape index (κ1) is 9.21. The third-order valence-corrected chi connectivity index (χ3v) is 3.12. The van der Waals surface area contributed by atoms with Gasteiger partial charge in [0.15, 0.2) is 0 Å². The van der Waals surface area contributed by atoms with Crippen molar-refractivity contribution in [3.05, 3.63) is 35.9 Å². The van der Waals surface area contributed by atoms with E-state index in [4.69, 9.17) is 11.5 Å². The molecule has 0 heterocycles. The Balaban J connectivity index is 2.36. The Kier molecular flexibility index (Phi) is 2.04. The average molecular weight is 190 g/mol. The molecule has 0 spiro atoms. The van der Waals surface area contributed by atoms with Crippen molar-refractivity contribution >= 4 is 5.91 Å². The lowest BCUT2D eigenvalue weighted by Gasteiger charge is -2.12. The molecule has 74 valence electrons. The number of nitrogens with two attached hydrogens (primary N) is 2. The maximum atomic E-state index is 11.4. The van der Waals surface area contributed by atoms with Crippen LogP contribution in [0.3, 0.4) is 0 Å². The normalized spacial score (nSPS) is 29.9. The zero-order valence-electron chi connectivity index (χ0n) is 7.94. The Hall–Kier alpha value is -1.35. The summed E-state index contributed by atoms with van der Waals surface area (Å²) in [6.07, 6.45) is 0.794. The van der Waals surface area contributed by atoms with Crippen molar-refractivity contribution < 1.29 is 4.79 Å². The van der Waals surface area contributed by atoms with E-state index in [2.05, 4.69) is 0 Å². The van der Waals surface area contributed by atoms with Gasteiger partial charge in [-0.05, 0) is 24.4 Å². The summed E-state index contributed by atoms with van der Waals surface area (Å²) in [6, 6.07) is 9.66. The van der Waals surface area contributed by atoms with Gasteiger partial charge in [-0.3, -0.25) is 4.79 Å². The first-order chi connectivity index (χ1) is 6.71. The predicted octanol–water partition coefficient (Wildman–Crippen LogP) is 0.388. The largest absolute Gasteiger partial charge is 0.369 e. The van der Waals surface area contributed by atoms with E-state index in [1.807, 2.05) is 30.3 Å². The van der Waals surface area contributed by atoms with E-state index in [1.54, 1.807) is 0 Å². The van der Waals surface area contributed by atoms with Crippen molar-refractivity contribution in [2.45, 2.75) is 11.8 Å². The van der Waals surface area contributed by atoms with Gasteiger partial charge in [0.05, 0.1) is 5.41 Å². The Morgan fingerprint density at radius 1 is 1.43 bits per heavy atom.